The Morgan fingerprint density at radius 1 is 0.323 bits per heavy atom. The molecule has 93 heavy (non-hydrogen) atoms. The molecule has 10 heteroatoms. The van der Waals surface area contributed by atoms with Crippen molar-refractivity contribution in [1.82, 2.24) is 14.5 Å². The van der Waals surface area contributed by atoms with E-state index in [1.807, 2.05) is 84.9 Å². The van der Waals surface area contributed by atoms with Crippen molar-refractivity contribution in [3.63, 3.8) is 0 Å². The first kappa shape index (κ1) is 56.1. The average Bonchev–Trinajstić information content (AvgIpc) is 0.797. The van der Waals surface area contributed by atoms with E-state index >= 15 is 13.2 Å². The summed E-state index contributed by atoms with van der Waals surface area (Å²) < 4.78 is 50.0. The third-order valence-corrected chi connectivity index (χ3v) is 19.4. The Balaban J connectivity index is 0.903. The largest absolute Gasteiger partial charge is 0.228 e. The van der Waals surface area contributed by atoms with E-state index in [2.05, 4.69) is 227 Å². The summed E-state index contributed by atoms with van der Waals surface area (Å²) in [6, 6.07) is 109. The second-order valence-electron chi connectivity index (χ2n) is 23.8. The normalized spacial score (nSPS) is 12.5. The van der Waals surface area contributed by atoms with Crippen molar-refractivity contribution in [3.8, 4) is 84.1 Å². The summed E-state index contributed by atoms with van der Waals surface area (Å²) in [6.45, 7) is -0.118. The van der Waals surface area contributed by atoms with Gasteiger partial charge in [-0.2, -0.15) is 13.2 Å². The van der Waals surface area contributed by atoms with E-state index < -0.39 is 11.7 Å². The van der Waals surface area contributed by atoms with Crippen molar-refractivity contribution in [2.24, 2.45) is 0 Å². The molecule has 2 aliphatic heterocycles. The molecule has 13 aromatic carbocycles. The van der Waals surface area contributed by atoms with Crippen LogP contribution in [0.3, 0.4) is 0 Å². The van der Waals surface area contributed by atoms with E-state index in [1.165, 1.54) is 25.6 Å². The third kappa shape index (κ3) is 9.93. The minimum absolute atomic E-state index is 0.0218. The van der Waals surface area contributed by atoms with Gasteiger partial charge in [-0.25, -0.2) is 9.97 Å². The first-order valence-corrected chi connectivity index (χ1v) is 33.0. The van der Waals surface area contributed by atoms with E-state index in [1.54, 1.807) is 12.1 Å². The maximum atomic E-state index is 15.6. The van der Waals surface area contributed by atoms with Gasteiger partial charge >= 0.3 is 325 Å². The van der Waals surface area contributed by atoms with Gasteiger partial charge in [0.15, 0.2) is 5.82 Å². The molecule has 0 bridgehead atoms. The fourth-order valence-corrected chi connectivity index (χ4v) is 15.3. The predicted molar refractivity (Wildman–Crippen MR) is 379 cm³/mol. The quantitative estimate of drug-likeness (QED) is 0.128. The van der Waals surface area contributed by atoms with Crippen molar-refractivity contribution in [1.29, 1.82) is 0 Å². The molecule has 2 aliphatic rings. The molecular formula is C83H52BF3N5Pb. The summed E-state index contributed by atoms with van der Waals surface area (Å²) >= 11 is 0.836. The topological polar surface area (TPSA) is 37.2 Å². The Labute approximate surface area is 552 Å². The average molecular weight is 1390 g/mol. The Morgan fingerprint density at radius 3 is 1.31 bits per heavy atom. The number of halogens is 3. The molecule has 17 rings (SSSR count). The third-order valence-electron chi connectivity index (χ3n) is 18.2. The van der Waals surface area contributed by atoms with Gasteiger partial charge in [-0.15, -0.1) is 0 Å². The molecular weight excluding hydrogens is 1340 g/mol. The number of hydrogen-bond acceptors (Lipinski definition) is 4. The molecule has 0 amide bonds. The van der Waals surface area contributed by atoms with Crippen LogP contribution in [0, 0.1) is 0 Å². The molecule has 0 unspecified atom stereocenters. The Morgan fingerprint density at radius 2 is 0.774 bits per heavy atom. The van der Waals surface area contributed by atoms with Gasteiger partial charge in [0.25, 0.3) is 0 Å². The Bertz CT molecular complexity index is 5300. The van der Waals surface area contributed by atoms with Gasteiger partial charge < -0.3 is 0 Å². The van der Waals surface area contributed by atoms with Gasteiger partial charge in [0.1, 0.15) is 0 Å². The number of hydrogen-bond donors (Lipinski definition) is 0. The van der Waals surface area contributed by atoms with Crippen molar-refractivity contribution in [2.45, 2.75) is 6.18 Å². The van der Waals surface area contributed by atoms with Gasteiger partial charge in [-0.05, 0) is 30.3 Å². The molecule has 3 radical (unpaired) electrons. The van der Waals surface area contributed by atoms with Crippen molar-refractivity contribution in [3.05, 3.63) is 321 Å². The number of alkyl halides is 3. The van der Waals surface area contributed by atoms with Crippen LogP contribution in [-0.2, 0) is 6.18 Å². The van der Waals surface area contributed by atoms with Crippen LogP contribution < -0.4 is 29.3 Å². The zero-order chi connectivity index (χ0) is 62.3. The Hall–Kier alpha value is -10.9. The molecule has 437 valence electrons. The van der Waals surface area contributed by atoms with Crippen LogP contribution in [0.5, 0.6) is 0 Å². The molecule has 0 fully saturated rings. The predicted octanol–water partition coefficient (Wildman–Crippen LogP) is 19.1. The van der Waals surface area contributed by atoms with Crippen LogP contribution in [0.25, 0.3) is 106 Å². The van der Waals surface area contributed by atoms with Gasteiger partial charge in [0.05, 0.1) is 17.0 Å². The van der Waals surface area contributed by atoms with E-state index in [0.29, 0.717) is 17.1 Å². The van der Waals surface area contributed by atoms with Gasteiger partial charge in [-0.3, -0.25) is 0 Å². The van der Waals surface area contributed by atoms with Crippen LogP contribution in [0.2, 0.25) is 0 Å². The van der Waals surface area contributed by atoms with Crippen molar-refractivity contribution in [2.75, 3.05) is 9.80 Å². The first-order valence-electron chi connectivity index (χ1n) is 31.0. The molecule has 5 nitrogen and oxygen atoms in total. The van der Waals surface area contributed by atoms with Crippen LogP contribution in [-0.4, -0.2) is 47.0 Å². The fourth-order valence-electron chi connectivity index (χ4n) is 14.1. The molecule has 4 heterocycles. The Kier molecular flexibility index (Phi) is 13.8. The van der Waals surface area contributed by atoms with E-state index in [0.717, 1.165) is 137 Å². The minimum atomic E-state index is -4.72. The SMILES string of the molecule is FC(F)(F)c1ccc(-n2c3ccccc3c3cc(-c4cc5c6c(c4)N(c4cc(-c7ccccc7)cc(-c7ccccc7)c4)c4ccccc4B6c4ccccc4N5c4c[c]([Pb])cc(-c5ccccc5)c4)ccc32)cc1-c1nc(-c2ccccc2)cc(-c2ccccc2)n1. The summed E-state index contributed by atoms with van der Waals surface area (Å²) in [5, 5.41) is 1.91. The van der Waals surface area contributed by atoms with E-state index in [4.69, 9.17) is 9.97 Å². The maximum Gasteiger partial charge on any atom is 0.161 e. The number of aromatic nitrogens is 3. The number of benzene rings is 13. The standard InChI is InChI=1S/C83H52BF3N5.Pb/c85-83(86,87)70-43-42-65(52-69(70)82-88-73(57-29-12-4-13-30-57)53-74(89-82)58-31-14-5-15-32-58)90-75-38-19-16-35-67(75)68-49-60(41-44-76(68)90)63-50-79-81-80(51-63)92(66-47-61(55-25-8-2-9-26-55)45-62(48-66)56-27-10-3-11-28-56)78-40-21-18-37-72(78)84(81)71-36-17-20-39-77(71)91(79)64-34-22-33-59(46-64)54-23-6-1-7-24-54;/h1-21,23-53H;. The number of nitrogens with zero attached hydrogens (tertiary/aromatic N) is 5. The molecule has 0 spiro atoms. The van der Waals surface area contributed by atoms with Gasteiger partial charge in [0.2, 0.25) is 0 Å². The zero-order valence-electron chi connectivity index (χ0n) is 50.0. The molecule has 15 aromatic rings. The molecule has 0 saturated heterocycles. The van der Waals surface area contributed by atoms with Crippen molar-refractivity contribution < 1.29 is 13.2 Å². The van der Waals surface area contributed by atoms with Crippen LogP contribution in [0.15, 0.2) is 315 Å². The smallest absolute Gasteiger partial charge is 0.161 e. The van der Waals surface area contributed by atoms with Crippen LogP contribution in [0.1, 0.15) is 5.56 Å². The summed E-state index contributed by atoms with van der Waals surface area (Å²) in [6.07, 6.45) is -4.72. The monoisotopic (exact) mass is 1390 g/mol. The number of anilines is 6. The van der Waals surface area contributed by atoms with E-state index in [-0.39, 0.29) is 18.1 Å². The summed E-state index contributed by atoms with van der Waals surface area (Å²) in [4.78, 5) is 14.8. The molecule has 0 saturated carbocycles. The molecule has 2 aromatic heterocycles. The van der Waals surface area contributed by atoms with Gasteiger partial charge in [-0.1, -0.05) is 133 Å². The van der Waals surface area contributed by atoms with Crippen LogP contribution in [0.4, 0.5) is 47.3 Å². The van der Waals surface area contributed by atoms with Crippen molar-refractivity contribution >= 4 is 108 Å². The summed E-state index contributed by atoms with van der Waals surface area (Å²) in [5.41, 5.74) is 22.7. The number of para-hydroxylation sites is 3. The number of fused-ring (bicyclic) bond motifs is 7. The van der Waals surface area contributed by atoms with E-state index in [9.17, 15) is 0 Å². The van der Waals surface area contributed by atoms with Crippen LogP contribution >= 0.6 is 0 Å². The second kappa shape index (κ2) is 22.8. The molecule has 0 atom stereocenters. The zero-order valence-corrected chi connectivity index (χ0v) is 53.9. The minimum Gasteiger partial charge on any atom is -0.228 e. The van der Waals surface area contributed by atoms with Gasteiger partial charge in [0, 0.05) is 22.4 Å². The second-order valence-corrected chi connectivity index (χ2v) is 26.0. The molecule has 0 N–H and O–H groups in total. The first-order chi connectivity index (χ1) is 45.6. The summed E-state index contributed by atoms with van der Waals surface area (Å²) in [5.74, 6) is -0.0218. The maximum absolute atomic E-state index is 15.6. The fraction of sp³-hybridized carbons (Fsp3) is 0.0120. The molecule has 0 aliphatic carbocycles. The summed E-state index contributed by atoms with van der Waals surface area (Å²) in [7, 11) is 0. The number of rotatable bonds is 10.